The van der Waals surface area contributed by atoms with Crippen molar-refractivity contribution in [3.05, 3.63) is 53.9 Å². The number of anilines is 1. The maximum absolute atomic E-state index is 12.2. The summed E-state index contributed by atoms with van der Waals surface area (Å²) in [7, 11) is 1.65. The van der Waals surface area contributed by atoms with Gasteiger partial charge in [-0.05, 0) is 29.8 Å². The van der Waals surface area contributed by atoms with E-state index in [0.29, 0.717) is 18.8 Å². The topological polar surface area (TPSA) is 75.7 Å². The van der Waals surface area contributed by atoms with E-state index in [1.807, 2.05) is 30.3 Å². The highest BCUT2D eigenvalue weighted by Crippen LogP contribution is 2.13. The van der Waals surface area contributed by atoms with E-state index in [-0.39, 0.29) is 5.91 Å². The summed E-state index contributed by atoms with van der Waals surface area (Å²) in [6.07, 6.45) is 1.68. The van der Waals surface area contributed by atoms with Gasteiger partial charge in [0.1, 0.15) is 11.4 Å². The molecular formula is C20H26N4O3. The van der Waals surface area contributed by atoms with Gasteiger partial charge < -0.3 is 20.1 Å². The summed E-state index contributed by atoms with van der Waals surface area (Å²) >= 11 is 0. The molecule has 0 saturated carbocycles. The molecule has 2 N–H and O–H groups in total. The fraction of sp³-hybridized carbons (Fsp3) is 0.400. The number of hydrogen-bond donors (Lipinski definition) is 2. The Morgan fingerprint density at radius 1 is 1.19 bits per heavy atom. The minimum atomic E-state index is -0.148. The third-order valence-corrected chi connectivity index (χ3v) is 4.47. The van der Waals surface area contributed by atoms with Crippen LogP contribution in [0.2, 0.25) is 0 Å². The van der Waals surface area contributed by atoms with Crippen LogP contribution in [0.1, 0.15) is 16.1 Å². The summed E-state index contributed by atoms with van der Waals surface area (Å²) in [5, 5.41) is 6.22. The number of nitrogens with one attached hydrogen (secondary N) is 2. The van der Waals surface area contributed by atoms with Gasteiger partial charge in [-0.1, -0.05) is 12.1 Å². The highest BCUT2D eigenvalue weighted by atomic mass is 16.5. The molecule has 1 aliphatic rings. The van der Waals surface area contributed by atoms with Gasteiger partial charge in [0.15, 0.2) is 0 Å². The maximum Gasteiger partial charge on any atom is 0.269 e. The third kappa shape index (κ3) is 5.94. The van der Waals surface area contributed by atoms with Crippen molar-refractivity contribution in [3.8, 4) is 5.75 Å². The molecule has 7 heteroatoms. The summed E-state index contributed by atoms with van der Waals surface area (Å²) in [6.45, 7) is 5.48. The second kappa shape index (κ2) is 9.89. The van der Waals surface area contributed by atoms with Crippen LogP contribution < -0.4 is 15.4 Å². The molecule has 1 aliphatic heterocycles. The van der Waals surface area contributed by atoms with Gasteiger partial charge in [0.25, 0.3) is 5.91 Å². The van der Waals surface area contributed by atoms with Crippen LogP contribution in [0.3, 0.4) is 0 Å². The number of methoxy groups -OCH3 is 1. The van der Waals surface area contributed by atoms with Gasteiger partial charge in [0.05, 0.1) is 32.2 Å². The molecule has 1 fully saturated rings. The zero-order valence-electron chi connectivity index (χ0n) is 15.6. The van der Waals surface area contributed by atoms with E-state index in [1.165, 1.54) is 0 Å². The average Bonchev–Trinajstić information content (AvgIpc) is 2.73. The van der Waals surface area contributed by atoms with Crippen molar-refractivity contribution in [3.63, 3.8) is 0 Å². The quantitative estimate of drug-likeness (QED) is 0.738. The monoisotopic (exact) mass is 370 g/mol. The van der Waals surface area contributed by atoms with Crippen molar-refractivity contribution < 1.29 is 14.3 Å². The van der Waals surface area contributed by atoms with Crippen LogP contribution in [0.15, 0.2) is 42.6 Å². The van der Waals surface area contributed by atoms with Crippen LogP contribution in [0.25, 0.3) is 0 Å². The lowest BCUT2D eigenvalue weighted by atomic mass is 10.2. The normalized spacial score (nSPS) is 14.6. The van der Waals surface area contributed by atoms with Crippen LogP contribution in [0.4, 0.5) is 5.69 Å². The Hall–Kier alpha value is -2.64. The first-order valence-electron chi connectivity index (χ1n) is 9.16. The van der Waals surface area contributed by atoms with Crippen molar-refractivity contribution >= 4 is 11.6 Å². The molecule has 2 heterocycles. The molecule has 1 aromatic heterocycles. The Labute approximate surface area is 159 Å². The number of rotatable bonds is 8. The first-order chi connectivity index (χ1) is 13.2. The van der Waals surface area contributed by atoms with Gasteiger partial charge in [0.2, 0.25) is 0 Å². The third-order valence-electron chi connectivity index (χ3n) is 4.47. The number of ether oxygens (including phenoxy) is 2. The molecule has 2 aromatic rings. The highest BCUT2D eigenvalue weighted by molar-refractivity contribution is 5.92. The summed E-state index contributed by atoms with van der Waals surface area (Å²) in [6, 6.07) is 11.5. The lowest BCUT2D eigenvalue weighted by molar-refractivity contribution is 0.0383. The van der Waals surface area contributed by atoms with E-state index < -0.39 is 0 Å². The van der Waals surface area contributed by atoms with Crippen molar-refractivity contribution in [1.82, 2.24) is 15.2 Å². The first-order valence-corrected chi connectivity index (χ1v) is 9.16. The summed E-state index contributed by atoms with van der Waals surface area (Å²) < 4.78 is 10.5. The number of benzene rings is 1. The predicted octanol–water partition coefficient (Wildman–Crippen LogP) is 1.76. The number of pyridine rings is 1. The lowest BCUT2D eigenvalue weighted by Gasteiger charge is -2.26. The minimum absolute atomic E-state index is 0.148. The standard InChI is InChI=1S/C20H26N4O3/c1-26-18-5-2-16(3-6-18)14-22-17-4-7-19(23-15-17)20(25)21-8-9-24-10-12-27-13-11-24/h2-7,15,22H,8-14H2,1H3,(H,21,25). The fourth-order valence-corrected chi connectivity index (χ4v) is 2.82. The number of amides is 1. The number of hydrogen-bond acceptors (Lipinski definition) is 6. The van der Waals surface area contributed by atoms with E-state index in [2.05, 4.69) is 20.5 Å². The lowest BCUT2D eigenvalue weighted by Crippen LogP contribution is -2.41. The second-order valence-electron chi connectivity index (χ2n) is 6.34. The smallest absolute Gasteiger partial charge is 0.269 e. The van der Waals surface area contributed by atoms with Crippen molar-refractivity contribution in [1.29, 1.82) is 0 Å². The first kappa shape index (κ1) is 19.1. The molecule has 0 atom stereocenters. The Morgan fingerprint density at radius 2 is 1.96 bits per heavy atom. The Kier molecular flexibility index (Phi) is 7.01. The summed E-state index contributed by atoms with van der Waals surface area (Å²) in [5.41, 5.74) is 2.43. The van der Waals surface area contributed by atoms with Crippen LogP contribution in [0.5, 0.6) is 5.75 Å². The van der Waals surface area contributed by atoms with Crippen LogP contribution >= 0.6 is 0 Å². The van der Waals surface area contributed by atoms with E-state index in [9.17, 15) is 4.79 Å². The average molecular weight is 370 g/mol. The van der Waals surface area contributed by atoms with Crippen LogP contribution in [-0.2, 0) is 11.3 Å². The molecule has 0 spiro atoms. The Morgan fingerprint density at radius 3 is 2.63 bits per heavy atom. The molecule has 0 radical (unpaired) electrons. The molecule has 0 unspecified atom stereocenters. The van der Waals surface area contributed by atoms with Gasteiger partial charge in [0, 0.05) is 32.7 Å². The van der Waals surface area contributed by atoms with Crippen LogP contribution in [-0.4, -0.2) is 62.3 Å². The van der Waals surface area contributed by atoms with E-state index in [4.69, 9.17) is 9.47 Å². The maximum atomic E-state index is 12.2. The Bertz CT molecular complexity index is 713. The van der Waals surface area contributed by atoms with Crippen LogP contribution in [0, 0.1) is 0 Å². The zero-order chi connectivity index (χ0) is 18.9. The van der Waals surface area contributed by atoms with Gasteiger partial charge >= 0.3 is 0 Å². The number of aromatic nitrogens is 1. The van der Waals surface area contributed by atoms with Crippen molar-refractivity contribution in [2.75, 3.05) is 51.8 Å². The SMILES string of the molecule is COc1ccc(CNc2ccc(C(=O)NCCN3CCOCC3)nc2)cc1. The summed E-state index contributed by atoms with van der Waals surface area (Å²) in [4.78, 5) is 18.7. The van der Waals surface area contributed by atoms with E-state index >= 15 is 0 Å². The van der Waals surface area contributed by atoms with Gasteiger partial charge in [-0.25, -0.2) is 4.98 Å². The number of carbonyl (C=O) groups is 1. The molecule has 1 aromatic carbocycles. The Balaban J connectivity index is 1.42. The zero-order valence-corrected chi connectivity index (χ0v) is 15.6. The van der Waals surface area contributed by atoms with E-state index in [0.717, 1.165) is 49.8 Å². The molecule has 3 rings (SSSR count). The molecule has 1 saturated heterocycles. The molecular weight excluding hydrogens is 344 g/mol. The van der Waals surface area contributed by atoms with Crippen molar-refractivity contribution in [2.45, 2.75) is 6.54 Å². The van der Waals surface area contributed by atoms with Gasteiger partial charge in [-0.15, -0.1) is 0 Å². The molecule has 0 aliphatic carbocycles. The van der Waals surface area contributed by atoms with Gasteiger partial charge in [-0.3, -0.25) is 9.69 Å². The number of nitrogens with zero attached hydrogens (tertiary/aromatic N) is 2. The highest BCUT2D eigenvalue weighted by Gasteiger charge is 2.11. The molecule has 0 bridgehead atoms. The molecule has 27 heavy (non-hydrogen) atoms. The second-order valence-corrected chi connectivity index (χ2v) is 6.34. The predicted molar refractivity (Wildman–Crippen MR) is 104 cm³/mol. The fourth-order valence-electron chi connectivity index (χ4n) is 2.82. The largest absolute Gasteiger partial charge is 0.497 e. The van der Waals surface area contributed by atoms with Gasteiger partial charge in [-0.2, -0.15) is 0 Å². The molecule has 1 amide bonds. The molecule has 7 nitrogen and oxygen atoms in total. The number of carbonyl (C=O) groups excluding carboxylic acids is 1. The minimum Gasteiger partial charge on any atom is -0.497 e. The van der Waals surface area contributed by atoms with Crippen molar-refractivity contribution in [2.24, 2.45) is 0 Å². The molecule has 144 valence electrons. The summed E-state index contributed by atoms with van der Waals surface area (Å²) in [5.74, 6) is 0.689. The van der Waals surface area contributed by atoms with E-state index in [1.54, 1.807) is 19.4 Å². The number of morpholine rings is 1.